The zero-order valence-corrected chi connectivity index (χ0v) is 14.5. The summed E-state index contributed by atoms with van der Waals surface area (Å²) in [6.07, 6.45) is 8.10. The molecule has 2 aromatic rings. The average molecular weight is 363 g/mol. The molecule has 5 nitrogen and oxygen atoms in total. The van der Waals surface area contributed by atoms with Crippen LogP contribution in [0.3, 0.4) is 0 Å². The van der Waals surface area contributed by atoms with Gasteiger partial charge in [-0.15, -0.1) is 0 Å². The number of hydrogen-bond acceptors (Lipinski definition) is 4. The van der Waals surface area contributed by atoms with Gasteiger partial charge in [-0.05, 0) is 31.0 Å². The summed E-state index contributed by atoms with van der Waals surface area (Å²) in [5.74, 6) is -0.239. The van der Waals surface area contributed by atoms with E-state index in [4.69, 9.17) is 11.6 Å². The van der Waals surface area contributed by atoms with E-state index < -0.39 is 5.82 Å². The van der Waals surface area contributed by atoms with Crippen molar-refractivity contribution in [3.05, 3.63) is 47.1 Å². The fourth-order valence-electron chi connectivity index (χ4n) is 2.95. The Morgan fingerprint density at radius 1 is 1.12 bits per heavy atom. The van der Waals surface area contributed by atoms with Gasteiger partial charge in [0.2, 0.25) is 0 Å². The van der Waals surface area contributed by atoms with Crippen LogP contribution in [0.1, 0.15) is 49.0 Å². The van der Waals surface area contributed by atoms with Crippen molar-refractivity contribution in [3.8, 4) is 0 Å². The lowest BCUT2D eigenvalue weighted by molar-refractivity contribution is 0.0928. The predicted octanol–water partition coefficient (Wildman–Crippen LogP) is 4.47. The van der Waals surface area contributed by atoms with Gasteiger partial charge in [-0.3, -0.25) is 4.79 Å². The van der Waals surface area contributed by atoms with E-state index in [9.17, 15) is 9.18 Å². The number of benzene rings is 1. The van der Waals surface area contributed by atoms with Gasteiger partial charge in [0.15, 0.2) is 0 Å². The van der Waals surface area contributed by atoms with E-state index in [0.717, 1.165) is 25.7 Å². The molecule has 0 atom stereocenters. The lowest BCUT2D eigenvalue weighted by atomic mass is 10.1. The van der Waals surface area contributed by atoms with Gasteiger partial charge >= 0.3 is 0 Å². The van der Waals surface area contributed by atoms with E-state index >= 15 is 0 Å². The Bertz CT molecular complexity index is 748. The van der Waals surface area contributed by atoms with Crippen molar-refractivity contribution < 1.29 is 9.18 Å². The molecule has 1 aliphatic carbocycles. The molecular weight excluding hydrogens is 343 g/mol. The molecule has 1 aromatic carbocycles. The van der Waals surface area contributed by atoms with Gasteiger partial charge < -0.3 is 10.6 Å². The number of halogens is 2. The van der Waals surface area contributed by atoms with Crippen molar-refractivity contribution in [1.82, 2.24) is 15.3 Å². The van der Waals surface area contributed by atoms with Gasteiger partial charge in [-0.2, -0.15) is 0 Å². The van der Waals surface area contributed by atoms with Crippen LogP contribution in [0.5, 0.6) is 0 Å². The molecule has 132 valence electrons. The second-order valence-electron chi connectivity index (χ2n) is 6.20. The highest BCUT2D eigenvalue weighted by atomic mass is 35.5. The minimum absolute atomic E-state index is 0.0189. The first-order chi connectivity index (χ1) is 12.1. The van der Waals surface area contributed by atoms with Crippen LogP contribution in [0.4, 0.5) is 15.9 Å². The number of nitrogens with zero attached hydrogens (tertiary/aromatic N) is 2. The normalized spacial score (nSPS) is 15.4. The molecule has 0 radical (unpaired) electrons. The quantitative estimate of drug-likeness (QED) is 0.788. The molecule has 1 aromatic heterocycles. The maximum absolute atomic E-state index is 13.2. The number of carbonyl (C=O) groups is 1. The Morgan fingerprint density at radius 2 is 1.88 bits per heavy atom. The summed E-state index contributed by atoms with van der Waals surface area (Å²) >= 11 is 5.77. The molecule has 3 rings (SSSR count). The molecule has 0 saturated heterocycles. The van der Waals surface area contributed by atoms with Crippen molar-refractivity contribution in [2.45, 2.75) is 44.6 Å². The van der Waals surface area contributed by atoms with Crippen molar-refractivity contribution in [2.75, 3.05) is 5.32 Å². The molecule has 7 heteroatoms. The van der Waals surface area contributed by atoms with E-state index in [1.807, 2.05) is 0 Å². The Kier molecular flexibility index (Phi) is 5.81. The molecule has 0 unspecified atom stereocenters. The summed E-state index contributed by atoms with van der Waals surface area (Å²) in [7, 11) is 0. The van der Waals surface area contributed by atoms with Gasteiger partial charge in [0, 0.05) is 17.8 Å². The standard InChI is InChI=1S/C18H20ClFN4O/c19-14-9-13(7-8-15(14)20)23-17-10-16(21-11-22-17)18(25)24-12-5-3-1-2-4-6-12/h7-12H,1-6H2,(H,24,25)(H,21,22,23). The first-order valence-electron chi connectivity index (χ1n) is 8.47. The van der Waals surface area contributed by atoms with Crippen molar-refractivity contribution >= 4 is 29.0 Å². The first-order valence-corrected chi connectivity index (χ1v) is 8.84. The molecule has 1 saturated carbocycles. The number of aromatic nitrogens is 2. The number of rotatable bonds is 4. The van der Waals surface area contributed by atoms with Crippen LogP contribution in [-0.4, -0.2) is 21.9 Å². The fourth-order valence-corrected chi connectivity index (χ4v) is 3.14. The maximum atomic E-state index is 13.2. The van der Waals surface area contributed by atoms with E-state index in [1.54, 1.807) is 12.1 Å². The molecule has 0 bridgehead atoms. The SMILES string of the molecule is O=C(NC1CCCCCC1)c1cc(Nc2ccc(F)c(Cl)c2)ncn1. The number of carbonyl (C=O) groups excluding carboxylic acids is 1. The zero-order valence-electron chi connectivity index (χ0n) is 13.8. The van der Waals surface area contributed by atoms with E-state index in [0.29, 0.717) is 17.2 Å². The zero-order chi connectivity index (χ0) is 17.6. The van der Waals surface area contributed by atoms with Gasteiger partial charge in [-0.25, -0.2) is 14.4 Å². The van der Waals surface area contributed by atoms with E-state index in [-0.39, 0.29) is 17.0 Å². The summed E-state index contributed by atoms with van der Waals surface area (Å²) in [6.45, 7) is 0. The van der Waals surface area contributed by atoms with Crippen LogP contribution in [-0.2, 0) is 0 Å². The molecule has 1 amide bonds. The highest BCUT2D eigenvalue weighted by Crippen LogP contribution is 2.22. The third-order valence-electron chi connectivity index (χ3n) is 4.28. The highest BCUT2D eigenvalue weighted by Gasteiger charge is 2.17. The van der Waals surface area contributed by atoms with Gasteiger partial charge in [0.1, 0.15) is 23.7 Å². The monoisotopic (exact) mass is 362 g/mol. The van der Waals surface area contributed by atoms with Crippen LogP contribution < -0.4 is 10.6 Å². The van der Waals surface area contributed by atoms with Gasteiger partial charge in [0.25, 0.3) is 5.91 Å². The Morgan fingerprint density at radius 3 is 2.60 bits per heavy atom. The van der Waals surface area contributed by atoms with E-state index in [1.165, 1.54) is 31.3 Å². The number of hydrogen-bond donors (Lipinski definition) is 2. The highest BCUT2D eigenvalue weighted by molar-refractivity contribution is 6.31. The molecule has 1 aliphatic rings. The number of anilines is 2. The number of amides is 1. The molecule has 1 heterocycles. The average Bonchev–Trinajstić information content (AvgIpc) is 2.87. The minimum Gasteiger partial charge on any atom is -0.348 e. The predicted molar refractivity (Wildman–Crippen MR) is 95.7 cm³/mol. The molecule has 2 N–H and O–H groups in total. The number of nitrogens with one attached hydrogen (secondary N) is 2. The lowest BCUT2D eigenvalue weighted by Crippen LogP contribution is -2.34. The summed E-state index contributed by atoms with van der Waals surface area (Å²) in [5.41, 5.74) is 0.884. The summed E-state index contributed by atoms with van der Waals surface area (Å²) < 4.78 is 13.2. The smallest absolute Gasteiger partial charge is 0.270 e. The Labute approximate surface area is 151 Å². The van der Waals surface area contributed by atoms with Crippen LogP contribution in [0, 0.1) is 5.82 Å². The first kappa shape index (κ1) is 17.6. The third-order valence-corrected chi connectivity index (χ3v) is 4.57. The van der Waals surface area contributed by atoms with Crippen molar-refractivity contribution in [3.63, 3.8) is 0 Å². The molecular formula is C18H20ClFN4O. The largest absolute Gasteiger partial charge is 0.348 e. The van der Waals surface area contributed by atoms with E-state index in [2.05, 4.69) is 20.6 Å². The minimum atomic E-state index is -0.488. The Balaban J connectivity index is 1.67. The summed E-state index contributed by atoms with van der Waals surface area (Å²) in [5, 5.41) is 6.07. The van der Waals surface area contributed by atoms with Crippen LogP contribution in [0.25, 0.3) is 0 Å². The Hall–Kier alpha value is -2.21. The third kappa shape index (κ3) is 4.89. The molecule has 1 fully saturated rings. The van der Waals surface area contributed by atoms with Crippen LogP contribution in [0.2, 0.25) is 5.02 Å². The summed E-state index contributed by atoms with van der Waals surface area (Å²) in [4.78, 5) is 20.6. The van der Waals surface area contributed by atoms with Crippen molar-refractivity contribution in [2.24, 2.45) is 0 Å². The summed E-state index contributed by atoms with van der Waals surface area (Å²) in [6, 6.07) is 6.06. The second kappa shape index (κ2) is 8.25. The molecule has 0 aliphatic heterocycles. The molecule has 0 spiro atoms. The fraction of sp³-hybridized carbons (Fsp3) is 0.389. The second-order valence-corrected chi connectivity index (χ2v) is 6.61. The molecule has 25 heavy (non-hydrogen) atoms. The van der Waals surface area contributed by atoms with Crippen molar-refractivity contribution in [1.29, 1.82) is 0 Å². The lowest BCUT2D eigenvalue weighted by Gasteiger charge is -2.16. The maximum Gasteiger partial charge on any atom is 0.270 e. The van der Waals surface area contributed by atoms with Gasteiger partial charge in [-0.1, -0.05) is 37.3 Å². The van der Waals surface area contributed by atoms with Crippen LogP contribution in [0.15, 0.2) is 30.6 Å². The topological polar surface area (TPSA) is 66.9 Å². The van der Waals surface area contributed by atoms with Crippen LogP contribution >= 0.6 is 11.6 Å². The van der Waals surface area contributed by atoms with Gasteiger partial charge in [0.05, 0.1) is 5.02 Å².